The van der Waals surface area contributed by atoms with Crippen molar-refractivity contribution in [2.45, 2.75) is 31.3 Å². The van der Waals surface area contributed by atoms with E-state index in [9.17, 15) is 27.1 Å². The third-order valence-electron chi connectivity index (χ3n) is 2.77. The molecule has 0 unspecified atom stereocenters. The highest BCUT2D eigenvalue weighted by Crippen LogP contribution is 2.38. The van der Waals surface area contributed by atoms with E-state index < -0.39 is 51.7 Å². The Bertz CT molecular complexity index is 390. The normalized spacial score (nSPS) is 23.1. The van der Waals surface area contributed by atoms with E-state index in [0.717, 1.165) is 0 Å². The lowest BCUT2D eigenvalue weighted by molar-refractivity contribution is -0.215. The summed E-state index contributed by atoms with van der Waals surface area (Å²) in [6.45, 7) is 1.13. The number of ether oxygens (including phenoxy) is 1. The molecule has 1 heterocycles. The Morgan fingerprint density at radius 2 is 1.88 bits per heavy atom. The van der Waals surface area contributed by atoms with Crippen molar-refractivity contribution in [1.82, 2.24) is 0 Å². The predicted octanol–water partition coefficient (Wildman–Crippen LogP) is 0.125. The Balaban J connectivity index is 2.87. The van der Waals surface area contributed by atoms with Crippen LogP contribution in [0.4, 0.5) is 8.78 Å². The molecule has 17 heavy (non-hydrogen) atoms. The summed E-state index contributed by atoms with van der Waals surface area (Å²) in [5.41, 5.74) is -2.63. The summed E-state index contributed by atoms with van der Waals surface area (Å²) in [6, 6.07) is 0. The van der Waals surface area contributed by atoms with Gasteiger partial charge in [0, 0.05) is 0 Å². The summed E-state index contributed by atoms with van der Waals surface area (Å²) < 4.78 is 53.6. The fourth-order valence-electron chi connectivity index (χ4n) is 1.60. The Hall–Kier alpha value is -0.760. The summed E-state index contributed by atoms with van der Waals surface area (Å²) in [4.78, 5) is 11.0. The number of aliphatic hydroxyl groups is 1. The minimum atomic E-state index is -4.08. The summed E-state index contributed by atoms with van der Waals surface area (Å²) in [5.74, 6) is -7.02. The van der Waals surface area contributed by atoms with Crippen molar-refractivity contribution in [1.29, 1.82) is 0 Å². The van der Waals surface area contributed by atoms with Gasteiger partial charge in [-0.15, -0.1) is 0 Å². The third-order valence-corrected chi connectivity index (χ3v) is 4.42. The smallest absolute Gasteiger partial charge is 0.380 e. The van der Waals surface area contributed by atoms with Gasteiger partial charge >= 0.3 is 11.9 Å². The van der Waals surface area contributed by atoms with Crippen LogP contribution in [-0.4, -0.2) is 49.1 Å². The Morgan fingerprint density at radius 1 is 1.41 bits per heavy atom. The second-order valence-corrected chi connectivity index (χ2v) is 6.28. The molecular formula is C9H14F2O5S. The first-order chi connectivity index (χ1) is 7.65. The maximum Gasteiger partial charge on any atom is 0.380 e. The van der Waals surface area contributed by atoms with Crippen LogP contribution in [0.3, 0.4) is 0 Å². The van der Waals surface area contributed by atoms with Crippen molar-refractivity contribution in [3.63, 3.8) is 0 Å². The topological polar surface area (TPSA) is 80.7 Å². The first-order valence-electron chi connectivity index (χ1n) is 5.12. The molecule has 1 rings (SSSR count). The van der Waals surface area contributed by atoms with E-state index >= 15 is 0 Å². The molecule has 0 aromatic rings. The third kappa shape index (κ3) is 2.74. The van der Waals surface area contributed by atoms with E-state index in [1.54, 1.807) is 0 Å². The highest BCUT2D eigenvalue weighted by molar-refractivity contribution is 7.91. The molecule has 0 aromatic heterocycles. The second kappa shape index (κ2) is 4.49. The zero-order chi connectivity index (χ0) is 13.3. The number of halogens is 2. The van der Waals surface area contributed by atoms with Crippen LogP contribution in [0.5, 0.6) is 0 Å². The predicted molar refractivity (Wildman–Crippen MR) is 54.4 cm³/mol. The van der Waals surface area contributed by atoms with Crippen molar-refractivity contribution in [2.75, 3.05) is 18.1 Å². The number of alkyl halides is 2. The number of carbonyl (C=O) groups excluding carboxylic acids is 1. The van der Waals surface area contributed by atoms with Crippen molar-refractivity contribution < 1.29 is 31.8 Å². The molecule has 5 nitrogen and oxygen atoms in total. The summed E-state index contributed by atoms with van der Waals surface area (Å²) >= 11 is 0. The average Bonchev–Trinajstić information content (AvgIpc) is 2.23. The fourth-order valence-corrected chi connectivity index (χ4v) is 3.10. The van der Waals surface area contributed by atoms with Crippen LogP contribution in [0.15, 0.2) is 0 Å². The molecule has 1 aliphatic heterocycles. The van der Waals surface area contributed by atoms with Gasteiger partial charge in [-0.1, -0.05) is 0 Å². The molecule has 0 radical (unpaired) electrons. The monoisotopic (exact) mass is 272 g/mol. The first kappa shape index (κ1) is 14.3. The van der Waals surface area contributed by atoms with Crippen molar-refractivity contribution >= 4 is 15.8 Å². The molecular weight excluding hydrogens is 258 g/mol. The van der Waals surface area contributed by atoms with E-state index in [4.69, 9.17) is 0 Å². The van der Waals surface area contributed by atoms with E-state index in [0.29, 0.717) is 0 Å². The number of rotatable bonds is 3. The summed E-state index contributed by atoms with van der Waals surface area (Å²) in [7, 11) is -3.40. The van der Waals surface area contributed by atoms with Gasteiger partial charge in [-0.2, -0.15) is 8.78 Å². The van der Waals surface area contributed by atoms with Gasteiger partial charge in [-0.25, -0.2) is 13.2 Å². The quantitative estimate of drug-likeness (QED) is 0.738. The van der Waals surface area contributed by atoms with Crippen LogP contribution >= 0.6 is 0 Å². The summed E-state index contributed by atoms with van der Waals surface area (Å²) in [6.07, 6.45) is -1.33. The number of carbonyl (C=O) groups is 1. The summed E-state index contributed by atoms with van der Waals surface area (Å²) in [5, 5.41) is 9.71. The van der Waals surface area contributed by atoms with E-state index in [1.165, 1.54) is 6.92 Å². The number of hydrogen-bond acceptors (Lipinski definition) is 5. The van der Waals surface area contributed by atoms with Crippen LogP contribution in [-0.2, 0) is 19.4 Å². The van der Waals surface area contributed by atoms with E-state index in [1.807, 2.05) is 0 Å². The van der Waals surface area contributed by atoms with Gasteiger partial charge in [-0.3, -0.25) is 0 Å². The zero-order valence-electron chi connectivity index (χ0n) is 9.28. The highest BCUT2D eigenvalue weighted by Gasteiger charge is 2.60. The zero-order valence-corrected chi connectivity index (χ0v) is 10.1. The van der Waals surface area contributed by atoms with Gasteiger partial charge in [0.05, 0.1) is 18.1 Å². The highest BCUT2D eigenvalue weighted by atomic mass is 32.2. The van der Waals surface area contributed by atoms with E-state index in [2.05, 4.69) is 4.74 Å². The van der Waals surface area contributed by atoms with Gasteiger partial charge in [-0.05, 0) is 19.8 Å². The molecule has 0 aromatic carbocycles. The number of esters is 1. The fraction of sp³-hybridized carbons (Fsp3) is 0.889. The Kier molecular flexibility index (Phi) is 3.78. The molecule has 0 spiro atoms. The van der Waals surface area contributed by atoms with Crippen molar-refractivity contribution in [2.24, 2.45) is 0 Å². The molecule has 1 saturated heterocycles. The van der Waals surface area contributed by atoms with Gasteiger partial charge in [0.25, 0.3) is 0 Å². The van der Waals surface area contributed by atoms with Crippen LogP contribution in [0.1, 0.15) is 19.8 Å². The molecule has 0 bridgehead atoms. The Labute approximate surface area is 97.7 Å². The maximum absolute atomic E-state index is 13.6. The van der Waals surface area contributed by atoms with E-state index in [-0.39, 0.29) is 6.61 Å². The SMILES string of the molecule is CCOC(=O)C(F)(F)C1(O)CCS(=O)(=O)CC1. The average molecular weight is 272 g/mol. The first-order valence-corrected chi connectivity index (χ1v) is 6.94. The van der Waals surface area contributed by atoms with Crippen LogP contribution in [0.2, 0.25) is 0 Å². The molecule has 1 aliphatic rings. The van der Waals surface area contributed by atoms with Crippen LogP contribution < -0.4 is 0 Å². The largest absolute Gasteiger partial charge is 0.461 e. The van der Waals surface area contributed by atoms with Gasteiger partial charge in [0.2, 0.25) is 0 Å². The molecule has 8 heteroatoms. The van der Waals surface area contributed by atoms with Crippen LogP contribution in [0, 0.1) is 0 Å². The molecule has 1 N–H and O–H groups in total. The van der Waals surface area contributed by atoms with Gasteiger partial charge in [0.15, 0.2) is 9.84 Å². The van der Waals surface area contributed by atoms with Gasteiger partial charge in [0.1, 0.15) is 5.60 Å². The molecule has 0 saturated carbocycles. The maximum atomic E-state index is 13.6. The van der Waals surface area contributed by atoms with Crippen molar-refractivity contribution in [3.8, 4) is 0 Å². The lowest BCUT2D eigenvalue weighted by Crippen LogP contribution is -2.57. The Morgan fingerprint density at radius 3 is 2.29 bits per heavy atom. The minimum Gasteiger partial charge on any atom is -0.461 e. The second-order valence-electron chi connectivity index (χ2n) is 3.98. The standard InChI is InChI=1S/C9H14F2O5S/c1-2-16-7(12)9(10,11)8(13)3-5-17(14,15)6-4-8/h13H,2-6H2,1H3. The number of hydrogen-bond donors (Lipinski definition) is 1. The minimum absolute atomic E-state index is 0.233. The molecule has 100 valence electrons. The molecule has 0 aliphatic carbocycles. The van der Waals surface area contributed by atoms with Crippen molar-refractivity contribution in [3.05, 3.63) is 0 Å². The molecule has 0 amide bonds. The van der Waals surface area contributed by atoms with Gasteiger partial charge < -0.3 is 9.84 Å². The molecule has 0 atom stereocenters. The lowest BCUT2D eigenvalue weighted by Gasteiger charge is -2.36. The number of sulfone groups is 1. The van der Waals surface area contributed by atoms with Crippen LogP contribution in [0.25, 0.3) is 0 Å². The molecule has 1 fully saturated rings. The lowest BCUT2D eigenvalue weighted by atomic mass is 9.89.